The van der Waals surface area contributed by atoms with Crippen molar-refractivity contribution in [2.75, 3.05) is 19.3 Å². The first-order chi connectivity index (χ1) is 9.96. The van der Waals surface area contributed by atoms with Crippen LogP contribution in [0.25, 0.3) is 11.3 Å². The van der Waals surface area contributed by atoms with Gasteiger partial charge in [0.2, 0.25) is 10.0 Å². The van der Waals surface area contributed by atoms with Crippen molar-refractivity contribution >= 4 is 10.0 Å². The van der Waals surface area contributed by atoms with Crippen molar-refractivity contribution in [2.24, 2.45) is 7.05 Å². The van der Waals surface area contributed by atoms with E-state index in [9.17, 15) is 8.42 Å². The highest BCUT2D eigenvalue weighted by atomic mass is 32.2. The lowest BCUT2D eigenvalue weighted by atomic mass is 10.1. The van der Waals surface area contributed by atoms with Crippen LogP contribution in [0.1, 0.15) is 5.56 Å². The fourth-order valence-corrected chi connectivity index (χ4v) is 2.44. The van der Waals surface area contributed by atoms with E-state index >= 15 is 0 Å². The number of hydrogen-bond donors (Lipinski definition) is 2. The smallest absolute Gasteiger partial charge is 0.208 e. The van der Waals surface area contributed by atoms with Gasteiger partial charge in [0.25, 0.3) is 0 Å². The summed E-state index contributed by atoms with van der Waals surface area (Å²) in [6.45, 7) is 1.54. The lowest BCUT2D eigenvalue weighted by Gasteiger charge is -2.05. The van der Waals surface area contributed by atoms with Gasteiger partial charge in [-0.25, -0.2) is 13.1 Å². The maximum atomic E-state index is 10.9. The summed E-state index contributed by atoms with van der Waals surface area (Å²) in [7, 11) is -1.26. The van der Waals surface area contributed by atoms with Crippen LogP contribution in [0.4, 0.5) is 0 Å². The predicted molar refractivity (Wildman–Crippen MR) is 81.0 cm³/mol. The number of aromatic nitrogens is 3. The standard InChI is InChI=1S/C13H19N5O2S/c1-18-10-12(9-15-7-8-16-21(2,19)20)13(17-18)11-3-5-14-6-4-11/h3-6,10,15-16H,7-9H2,1-2H3. The Labute approximate surface area is 124 Å². The Morgan fingerprint density at radius 1 is 1.24 bits per heavy atom. The van der Waals surface area contributed by atoms with E-state index in [0.29, 0.717) is 19.6 Å². The van der Waals surface area contributed by atoms with Gasteiger partial charge in [0.1, 0.15) is 0 Å². The normalized spacial score (nSPS) is 11.7. The summed E-state index contributed by atoms with van der Waals surface area (Å²) >= 11 is 0. The molecule has 0 spiro atoms. The van der Waals surface area contributed by atoms with Crippen LogP contribution in [0.3, 0.4) is 0 Å². The average molecular weight is 309 g/mol. The van der Waals surface area contributed by atoms with Crippen molar-refractivity contribution in [1.29, 1.82) is 0 Å². The Morgan fingerprint density at radius 3 is 2.62 bits per heavy atom. The van der Waals surface area contributed by atoms with Crippen LogP contribution in [-0.4, -0.2) is 42.5 Å². The Bertz CT molecular complexity index is 682. The second-order valence-corrected chi connectivity index (χ2v) is 6.59. The molecule has 0 radical (unpaired) electrons. The molecular weight excluding hydrogens is 290 g/mol. The van der Waals surface area contributed by atoms with Crippen molar-refractivity contribution in [3.63, 3.8) is 0 Å². The molecule has 0 saturated carbocycles. The monoisotopic (exact) mass is 309 g/mol. The molecular formula is C13H19N5O2S. The molecule has 7 nitrogen and oxygen atoms in total. The van der Waals surface area contributed by atoms with Gasteiger partial charge in [0, 0.05) is 56.4 Å². The summed E-state index contributed by atoms with van der Waals surface area (Å²) in [5, 5.41) is 7.66. The Balaban J connectivity index is 1.95. The lowest BCUT2D eigenvalue weighted by molar-refractivity contribution is 0.582. The molecule has 8 heteroatoms. The van der Waals surface area contributed by atoms with E-state index < -0.39 is 10.0 Å². The Morgan fingerprint density at radius 2 is 1.95 bits per heavy atom. The molecule has 2 rings (SSSR count). The fraction of sp³-hybridized carbons (Fsp3) is 0.385. The number of hydrogen-bond acceptors (Lipinski definition) is 5. The summed E-state index contributed by atoms with van der Waals surface area (Å²) in [5.41, 5.74) is 2.98. The second kappa shape index (κ2) is 6.79. The largest absolute Gasteiger partial charge is 0.311 e. The summed E-state index contributed by atoms with van der Waals surface area (Å²) < 4.78 is 26.1. The Kier molecular flexibility index (Phi) is 5.05. The summed E-state index contributed by atoms with van der Waals surface area (Å²) in [6, 6.07) is 3.83. The molecule has 0 fully saturated rings. The van der Waals surface area contributed by atoms with Crippen molar-refractivity contribution < 1.29 is 8.42 Å². The highest BCUT2D eigenvalue weighted by Crippen LogP contribution is 2.20. The van der Waals surface area contributed by atoms with E-state index in [-0.39, 0.29) is 0 Å². The average Bonchev–Trinajstić information content (AvgIpc) is 2.79. The zero-order valence-electron chi connectivity index (χ0n) is 12.1. The molecule has 0 bridgehead atoms. The molecule has 0 aliphatic heterocycles. The third-order valence-corrected chi connectivity index (χ3v) is 3.57. The SMILES string of the molecule is Cn1cc(CNCCNS(C)(=O)=O)c(-c2ccncc2)n1. The van der Waals surface area contributed by atoms with Gasteiger partial charge in [-0.15, -0.1) is 0 Å². The van der Waals surface area contributed by atoms with Crippen LogP contribution in [-0.2, 0) is 23.6 Å². The number of sulfonamides is 1. The molecule has 114 valence electrons. The van der Waals surface area contributed by atoms with Crippen molar-refractivity contribution in [3.05, 3.63) is 36.3 Å². The minimum atomic E-state index is -3.13. The summed E-state index contributed by atoms with van der Waals surface area (Å²) in [4.78, 5) is 4.00. The van der Waals surface area contributed by atoms with Crippen molar-refractivity contribution in [1.82, 2.24) is 24.8 Å². The minimum absolute atomic E-state index is 0.365. The van der Waals surface area contributed by atoms with Crippen LogP contribution >= 0.6 is 0 Å². The highest BCUT2D eigenvalue weighted by Gasteiger charge is 2.09. The third-order valence-electron chi connectivity index (χ3n) is 2.84. The van der Waals surface area contributed by atoms with E-state index in [1.807, 2.05) is 25.4 Å². The van der Waals surface area contributed by atoms with Gasteiger partial charge < -0.3 is 5.32 Å². The van der Waals surface area contributed by atoms with Gasteiger partial charge in [-0.05, 0) is 12.1 Å². The predicted octanol–water partition coefficient (Wildman–Crippen LogP) is 0.121. The first-order valence-electron chi connectivity index (χ1n) is 6.54. The van der Waals surface area contributed by atoms with Gasteiger partial charge in [0.15, 0.2) is 0 Å². The quantitative estimate of drug-likeness (QED) is 0.709. The molecule has 0 aliphatic rings. The van der Waals surface area contributed by atoms with Crippen LogP contribution < -0.4 is 10.0 Å². The molecule has 2 N–H and O–H groups in total. The molecule has 2 heterocycles. The molecule has 2 aromatic heterocycles. The van der Waals surface area contributed by atoms with Crippen molar-refractivity contribution in [3.8, 4) is 11.3 Å². The van der Waals surface area contributed by atoms with Crippen molar-refractivity contribution in [2.45, 2.75) is 6.54 Å². The molecule has 0 unspecified atom stereocenters. The number of rotatable bonds is 7. The van der Waals surface area contributed by atoms with Gasteiger partial charge in [-0.3, -0.25) is 9.67 Å². The number of nitrogens with one attached hydrogen (secondary N) is 2. The molecule has 21 heavy (non-hydrogen) atoms. The molecule has 0 aliphatic carbocycles. The minimum Gasteiger partial charge on any atom is -0.311 e. The maximum absolute atomic E-state index is 10.9. The Hall–Kier alpha value is -1.77. The van der Waals surface area contributed by atoms with Gasteiger partial charge in [0.05, 0.1) is 11.9 Å². The number of pyridine rings is 1. The summed E-state index contributed by atoms with van der Waals surface area (Å²) in [6.07, 6.45) is 6.57. The topological polar surface area (TPSA) is 88.9 Å². The first-order valence-corrected chi connectivity index (χ1v) is 8.43. The van der Waals surface area contributed by atoms with E-state index in [1.165, 1.54) is 0 Å². The fourth-order valence-electron chi connectivity index (χ4n) is 1.97. The van der Waals surface area contributed by atoms with Crippen LogP contribution in [0.5, 0.6) is 0 Å². The zero-order chi connectivity index (χ0) is 15.3. The molecule has 0 amide bonds. The van der Waals surface area contributed by atoms with E-state index in [2.05, 4.69) is 20.1 Å². The summed E-state index contributed by atoms with van der Waals surface area (Å²) in [5.74, 6) is 0. The number of aryl methyl sites for hydroxylation is 1. The molecule has 2 aromatic rings. The second-order valence-electron chi connectivity index (χ2n) is 4.76. The van der Waals surface area contributed by atoms with Crippen LogP contribution in [0.15, 0.2) is 30.7 Å². The van der Waals surface area contributed by atoms with E-state index in [4.69, 9.17) is 0 Å². The van der Waals surface area contributed by atoms with E-state index in [0.717, 1.165) is 23.1 Å². The highest BCUT2D eigenvalue weighted by molar-refractivity contribution is 7.88. The first kappa shape index (κ1) is 15.6. The lowest BCUT2D eigenvalue weighted by Crippen LogP contribution is -2.30. The molecule has 0 saturated heterocycles. The van der Waals surface area contributed by atoms with Crippen LogP contribution in [0, 0.1) is 0 Å². The van der Waals surface area contributed by atoms with Crippen LogP contribution in [0.2, 0.25) is 0 Å². The zero-order valence-corrected chi connectivity index (χ0v) is 12.9. The van der Waals surface area contributed by atoms with Gasteiger partial charge in [-0.1, -0.05) is 0 Å². The third kappa shape index (κ3) is 4.92. The van der Waals surface area contributed by atoms with Gasteiger partial charge in [-0.2, -0.15) is 5.10 Å². The number of nitrogens with zero attached hydrogens (tertiary/aromatic N) is 3. The van der Waals surface area contributed by atoms with E-state index in [1.54, 1.807) is 17.1 Å². The molecule has 0 atom stereocenters. The molecule has 0 aromatic carbocycles. The van der Waals surface area contributed by atoms with Gasteiger partial charge >= 0.3 is 0 Å². The maximum Gasteiger partial charge on any atom is 0.208 e.